The van der Waals surface area contributed by atoms with E-state index < -0.39 is 0 Å². The maximum atomic E-state index is 13.0. The molecule has 3 nitrogen and oxygen atoms in total. The van der Waals surface area contributed by atoms with Gasteiger partial charge >= 0.3 is 0 Å². The van der Waals surface area contributed by atoms with Crippen LogP contribution in [-0.4, -0.2) is 16.0 Å². The van der Waals surface area contributed by atoms with E-state index in [2.05, 4.69) is 107 Å². The van der Waals surface area contributed by atoms with Crippen LogP contribution >= 0.6 is 0 Å². The molecule has 0 atom stereocenters. The van der Waals surface area contributed by atoms with Crippen LogP contribution in [0.25, 0.3) is 0 Å². The Hall–Kier alpha value is -2.29. The van der Waals surface area contributed by atoms with Crippen LogP contribution in [0.3, 0.4) is 0 Å². The highest BCUT2D eigenvalue weighted by atomic mass is 16.3. The van der Waals surface area contributed by atoms with Crippen LogP contribution in [0.15, 0.2) is 24.3 Å². The summed E-state index contributed by atoms with van der Waals surface area (Å²) < 4.78 is 0. The number of hydrogen-bond donors (Lipinski definition) is 2. The Morgan fingerprint density at radius 2 is 0.750 bits per heavy atom. The number of ketones is 1. The van der Waals surface area contributed by atoms with Gasteiger partial charge in [0.15, 0.2) is 0 Å². The highest BCUT2D eigenvalue weighted by Crippen LogP contribution is 2.41. The number of aromatic hydroxyl groups is 2. The number of carbonyl (C=O) groups excluding carboxylic acids is 1. The van der Waals surface area contributed by atoms with Crippen molar-refractivity contribution in [2.45, 2.75) is 130 Å². The Labute approximate surface area is 220 Å². The molecule has 3 heteroatoms. The Morgan fingerprint density at radius 1 is 0.528 bits per heavy atom. The number of aryl methyl sites for hydroxylation is 2. The molecule has 2 aromatic rings. The zero-order valence-corrected chi connectivity index (χ0v) is 24.9. The van der Waals surface area contributed by atoms with E-state index >= 15 is 0 Å². The smallest absolute Gasteiger partial charge is 0.133 e. The molecule has 0 saturated heterocycles. The molecule has 0 fully saturated rings. The molecule has 0 bridgehead atoms. The molecule has 36 heavy (non-hydrogen) atoms. The summed E-state index contributed by atoms with van der Waals surface area (Å²) in [5, 5.41) is 21.9. The minimum atomic E-state index is -0.182. The van der Waals surface area contributed by atoms with Gasteiger partial charge in [0.2, 0.25) is 0 Å². The highest BCUT2D eigenvalue weighted by Gasteiger charge is 2.28. The maximum absolute atomic E-state index is 13.0. The molecule has 0 unspecified atom stereocenters. The number of benzene rings is 2. The van der Waals surface area contributed by atoms with Gasteiger partial charge in [-0.3, -0.25) is 4.79 Å². The van der Waals surface area contributed by atoms with Gasteiger partial charge in [-0.2, -0.15) is 0 Å². The predicted molar refractivity (Wildman–Crippen MR) is 153 cm³/mol. The van der Waals surface area contributed by atoms with E-state index in [0.29, 0.717) is 37.2 Å². The topological polar surface area (TPSA) is 57.5 Å². The zero-order chi connectivity index (χ0) is 27.9. The molecule has 0 heterocycles. The largest absolute Gasteiger partial charge is 0.507 e. The lowest BCUT2D eigenvalue weighted by molar-refractivity contribution is -0.119. The van der Waals surface area contributed by atoms with Crippen molar-refractivity contribution in [3.05, 3.63) is 57.6 Å². The highest BCUT2D eigenvalue weighted by molar-refractivity contribution is 5.79. The average Bonchev–Trinajstić information content (AvgIpc) is 2.68. The van der Waals surface area contributed by atoms with Crippen LogP contribution in [-0.2, 0) is 39.3 Å². The molecular formula is C33H50O3. The average molecular weight is 495 g/mol. The molecule has 0 aliphatic carbocycles. The summed E-state index contributed by atoms with van der Waals surface area (Å²) in [6, 6.07) is 8.29. The fourth-order valence-electron chi connectivity index (χ4n) is 4.66. The van der Waals surface area contributed by atoms with Crippen molar-refractivity contribution < 1.29 is 15.0 Å². The predicted octanol–water partition coefficient (Wildman–Crippen LogP) is 8.42. The summed E-state index contributed by atoms with van der Waals surface area (Å²) in [5.41, 5.74) is 5.22. The molecule has 0 amide bonds. The van der Waals surface area contributed by atoms with Crippen molar-refractivity contribution in [3.63, 3.8) is 0 Å². The molecule has 2 rings (SSSR count). The molecule has 0 aromatic heterocycles. The minimum absolute atomic E-state index is 0.182. The van der Waals surface area contributed by atoms with Crippen molar-refractivity contribution >= 4 is 5.78 Å². The van der Waals surface area contributed by atoms with Gasteiger partial charge in [-0.1, -0.05) is 107 Å². The quantitative estimate of drug-likeness (QED) is 0.424. The second-order valence-electron chi connectivity index (χ2n) is 14.6. The second kappa shape index (κ2) is 10.2. The lowest BCUT2D eigenvalue weighted by atomic mass is 9.77. The van der Waals surface area contributed by atoms with E-state index in [1.165, 1.54) is 0 Å². The van der Waals surface area contributed by atoms with Crippen molar-refractivity contribution in [3.8, 4) is 11.5 Å². The molecule has 0 spiro atoms. The lowest BCUT2D eigenvalue weighted by Crippen LogP contribution is -2.18. The molecule has 0 aliphatic rings. The minimum Gasteiger partial charge on any atom is -0.507 e. The summed E-state index contributed by atoms with van der Waals surface area (Å²) in [6.45, 7) is 25.3. The van der Waals surface area contributed by atoms with E-state index in [0.717, 1.165) is 33.4 Å². The first-order valence-corrected chi connectivity index (χ1v) is 13.4. The van der Waals surface area contributed by atoms with E-state index in [1.807, 2.05) is 0 Å². The summed E-state index contributed by atoms with van der Waals surface area (Å²) >= 11 is 0. The first-order valence-electron chi connectivity index (χ1n) is 13.4. The third-order valence-electron chi connectivity index (χ3n) is 6.96. The number of phenols is 2. The second-order valence-corrected chi connectivity index (χ2v) is 14.6. The summed E-state index contributed by atoms with van der Waals surface area (Å²) in [6.07, 6.45) is 2.30. The first-order chi connectivity index (χ1) is 16.1. The Morgan fingerprint density at radius 3 is 0.944 bits per heavy atom. The normalized spacial score (nSPS) is 13.2. The summed E-state index contributed by atoms with van der Waals surface area (Å²) in [4.78, 5) is 13.0. The standard InChI is InChI=1S/C33H50O3/c1-30(2,3)24-17-21(18-25(28(24)35)31(4,5)6)13-15-23(34)16-14-22-19-26(32(7,8)9)29(36)27(20-22)33(10,11)12/h17-20,35-36H,13-16H2,1-12H3. The van der Waals surface area contributed by atoms with Gasteiger partial charge in [0.05, 0.1) is 0 Å². The Balaban J connectivity index is 2.23. The van der Waals surface area contributed by atoms with Gasteiger partial charge in [0.25, 0.3) is 0 Å². The Bertz CT molecular complexity index is 936. The Kier molecular flexibility index (Phi) is 8.50. The monoisotopic (exact) mass is 494 g/mol. The molecule has 2 aromatic carbocycles. The maximum Gasteiger partial charge on any atom is 0.133 e. The van der Waals surface area contributed by atoms with E-state index in [4.69, 9.17) is 0 Å². The van der Waals surface area contributed by atoms with Crippen molar-refractivity contribution in [1.29, 1.82) is 0 Å². The number of rotatable bonds is 6. The molecule has 200 valence electrons. The van der Waals surface area contributed by atoms with Gasteiger partial charge in [-0.15, -0.1) is 0 Å². The van der Waals surface area contributed by atoms with Crippen molar-refractivity contribution in [2.24, 2.45) is 0 Å². The number of phenolic OH excluding ortho intramolecular Hbond substituents is 2. The zero-order valence-electron chi connectivity index (χ0n) is 24.9. The fourth-order valence-corrected chi connectivity index (χ4v) is 4.66. The van der Waals surface area contributed by atoms with Gasteiger partial charge in [0, 0.05) is 12.8 Å². The van der Waals surface area contributed by atoms with Crippen molar-refractivity contribution in [1.82, 2.24) is 0 Å². The SMILES string of the molecule is CC(C)(C)c1cc(CCC(=O)CCc2cc(C(C)(C)C)c(O)c(C(C)(C)C)c2)cc(C(C)(C)C)c1O. The fraction of sp³-hybridized carbons (Fsp3) is 0.606. The van der Waals surface area contributed by atoms with E-state index in [-0.39, 0.29) is 27.4 Å². The molecule has 0 saturated carbocycles. The number of carbonyl (C=O) groups is 1. The summed E-state index contributed by atoms with van der Waals surface area (Å²) in [5.74, 6) is 0.990. The number of hydrogen-bond acceptors (Lipinski definition) is 3. The third kappa shape index (κ3) is 7.37. The van der Waals surface area contributed by atoms with Crippen LogP contribution in [0.4, 0.5) is 0 Å². The van der Waals surface area contributed by atoms with Gasteiger partial charge in [-0.05, 0) is 67.9 Å². The van der Waals surface area contributed by atoms with Gasteiger partial charge < -0.3 is 10.2 Å². The van der Waals surface area contributed by atoms with Crippen LogP contribution in [0.1, 0.15) is 129 Å². The lowest BCUT2D eigenvalue weighted by Gasteiger charge is -2.28. The van der Waals surface area contributed by atoms with Crippen LogP contribution in [0.5, 0.6) is 11.5 Å². The van der Waals surface area contributed by atoms with Crippen molar-refractivity contribution in [2.75, 3.05) is 0 Å². The molecule has 0 aliphatic heterocycles. The third-order valence-corrected chi connectivity index (χ3v) is 6.96. The van der Waals surface area contributed by atoms with Crippen LogP contribution < -0.4 is 0 Å². The molecular weight excluding hydrogens is 444 g/mol. The number of Topliss-reactive ketones (excluding diaryl/α,β-unsaturated/α-hetero) is 1. The summed E-state index contributed by atoms with van der Waals surface area (Å²) in [7, 11) is 0. The van der Waals surface area contributed by atoms with Gasteiger partial charge in [-0.25, -0.2) is 0 Å². The van der Waals surface area contributed by atoms with E-state index in [9.17, 15) is 15.0 Å². The van der Waals surface area contributed by atoms with Crippen LogP contribution in [0.2, 0.25) is 0 Å². The van der Waals surface area contributed by atoms with Crippen LogP contribution in [0, 0.1) is 0 Å². The van der Waals surface area contributed by atoms with E-state index in [1.54, 1.807) is 0 Å². The molecule has 2 N–H and O–H groups in total. The first kappa shape index (κ1) is 29.9. The van der Waals surface area contributed by atoms with Gasteiger partial charge in [0.1, 0.15) is 17.3 Å². The molecule has 0 radical (unpaired) electrons.